The van der Waals surface area contributed by atoms with E-state index in [4.69, 9.17) is 0 Å². The topological polar surface area (TPSA) is 81.2 Å². The van der Waals surface area contributed by atoms with Crippen LogP contribution in [-0.4, -0.2) is 9.13 Å². The number of nitriles is 3. The highest BCUT2D eigenvalue weighted by molar-refractivity contribution is 6.12. The van der Waals surface area contributed by atoms with Crippen LogP contribution >= 0.6 is 0 Å². The Morgan fingerprint density at radius 1 is 0.458 bits per heavy atom. The fourth-order valence-corrected chi connectivity index (χ4v) is 6.77. The van der Waals surface area contributed by atoms with E-state index in [9.17, 15) is 15.8 Å². The van der Waals surface area contributed by atoms with E-state index in [1.54, 1.807) is 57.7 Å². The molecule has 0 saturated heterocycles. The van der Waals surface area contributed by atoms with Crippen LogP contribution in [0.4, 0.5) is 13.2 Å². The van der Waals surface area contributed by atoms with Crippen LogP contribution in [0.2, 0.25) is 0 Å². The Morgan fingerprint density at radius 2 is 0.917 bits per heavy atom. The van der Waals surface area contributed by atoms with E-state index in [0.717, 1.165) is 33.7 Å². The van der Waals surface area contributed by atoms with Gasteiger partial charge in [0.2, 0.25) is 0 Å². The molecule has 8 heteroatoms. The molecule has 2 heterocycles. The van der Waals surface area contributed by atoms with E-state index in [0.29, 0.717) is 49.9 Å². The maximum Gasteiger partial charge on any atom is 0.416 e. The molecule has 0 atom stereocenters. The summed E-state index contributed by atoms with van der Waals surface area (Å²) in [6.07, 6.45) is -4.73. The summed E-state index contributed by atoms with van der Waals surface area (Å²) in [7, 11) is 0. The van der Waals surface area contributed by atoms with Crippen molar-refractivity contribution in [1.29, 1.82) is 15.8 Å². The zero-order valence-electron chi connectivity index (χ0n) is 24.9. The number of halogens is 3. The number of para-hydroxylation sites is 2. The number of hydrogen-bond donors (Lipinski definition) is 0. The predicted molar refractivity (Wildman–Crippen MR) is 180 cm³/mol. The maximum atomic E-state index is 15.0. The second kappa shape index (κ2) is 10.6. The molecule has 8 rings (SSSR count). The lowest BCUT2D eigenvalue weighted by atomic mass is 9.96. The molecule has 2 aromatic heterocycles. The third kappa shape index (κ3) is 4.31. The number of nitrogens with zero attached hydrogens (tertiary/aromatic N) is 5. The van der Waals surface area contributed by atoms with Gasteiger partial charge < -0.3 is 9.13 Å². The van der Waals surface area contributed by atoms with Crippen LogP contribution in [0.15, 0.2) is 121 Å². The quantitative estimate of drug-likeness (QED) is 0.195. The Morgan fingerprint density at radius 3 is 1.40 bits per heavy atom. The van der Waals surface area contributed by atoms with Gasteiger partial charge in [-0.15, -0.1) is 0 Å². The number of aromatic nitrogens is 2. The van der Waals surface area contributed by atoms with Crippen molar-refractivity contribution in [3.8, 4) is 40.7 Å². The van der Waals surface area contributed by atoms with Gasteiger partial charge >= 0.3 is 6.18 Å². The molecule has 6 aromatic carbocycles. The van der Waals surface area contributed by atoms with Crippen molar-refractivity contribution >= 4 is 43.6 Å². The molecule has 0 aliphatic heterocycles. The van der Waals surface area contributed by atoms with Gasteiger partial charge in [0.1, 0.15) is 0 Å². The van der Waals surface area contributed by atoms with Crippen LogP contribution in [0.1, 0.15) is 22.3 Å². The van der Waals surface area contributed by atoms with Gasteiger partial charge in [-0.3, -0.25) is 0 Å². The van der Waals surface area contributed by atoms with Crippen LogP contribution in [-0.2, 0) is 6.18 Å². The third-order valence-corrected chi connectivity index (χ3v) is 8.79. The van der Waals surface area contributed by atoms with Crippen LogP contribution in [0.3, 0.4) is 0 Å². The minimum Gasteiger partial charge on any atom is -0.308 e. The van der Waals surface area contributed by atoms with Gasteiger partial charge in [-0.2, -0.15) is 29.0 Å². The average molecular weight is 628 g/mol. The largest absolute Gasteiger partial charge is 0.416 e. The van der Waals surface area contributed by atoms with Crippen molar-refractivity contribution in [2.45, 2.75) is 6.18 Å². The molecule has 0 spiro atoms. The van der Waals surface area contributed by atoms with Crippen LogP contribution in [0.5, 0.6) is 0 Å². The summed E-state index contributed by atoms with van der Waals surface area (Å²) < 4.78 is 48.6. The number of rotatable bonds is 3. The molecule has 5 nitrogen and oxygen atoms in total. The van der Waals surface area contributed by atoms with Gasteiger partial charge in [0.25, 0.3) is 0 Å². The minimum atomic E-state index is -4.73. The first kappa shape index (κ1) is 28.6. The van der Waals surface area contributed by atoms with Gasteiger partial charge in [0, 0.05) is 27.1 Å². The first-order valence-corrected chi connectivity index (χ1v) is 14.9. The lowest BCUT2D eigenvalue weighted by molar-refractivity contribution is -0.137. The van der Waals surface area contributed by atoms with Gasteiger partial charge in [0.05, 0.1) is 73.9 Å². The lowest BCUT2D eigenvalue weighted by Crippen LogP contribution is -2.11. The van der Waals surface area contributed by atoms with Crippen molar-refractivity contribution in [2.24, 2.45) is 0 Å². The monoisotopic (exact) mass is 627 g/mol. The Labute approximate surface area is 271 Å². The predicted octanol–water partition coefficient (Wildman–Crippen LogP) is 10.2. The first-order valence-electron chi connectivity index (χ1n) is 14.9. The lowest BCUT2D eigenvalue weighted by Gasteiger charge is -2.23. The molecule has 0 saturated carbocycles. The van der Waals surface area contributed by atoms with Crippen LogP contribution in [0.25, 0.3) is 66.1 Å². The summed E-state index contributed by atoms with van der Waals surface area (Å²) in [6, 6.07) is 40.8. The van der Waals surface area contributed by atoms with E-state index in [1.165, 1.54) is 0 Å². The summed E-state index contributed by atoms with van der Waals surface area (Å²) in [5, 5.41) is 32.7. The van der Waals surface area contributed by atoms with Gasteiger partial charge in [0.15, 0.2) is 0 Å². The van der Waals surface area contributed by atoms with E-state index < -0.39 is 11.7 Å². The van der Waals surface area contributed by atoms with Gasteiger partial charge in [-0.25, -0.2) is 0 Å². The fraction of sp³-hybridized carbons (Fsp3) is 0.0250. The molecule has 0 N–H and O–H groups in total. The summed E-state index contributed by atoms with van der Waals surface area (Å²) in [6.45, 7) is 0. The third-order valence-electron chi connectivity index (χ3n) is 8.79. The minimum absolute atomic E-state index is 0.221. The number of alkyl halides is 3. The van der Waals surface area contributed by atoms with Crippen molar-refractivity contribution in [3.63, 3.8) is 0 Å². The molecule has 48 heavy (non-hydrogen) atoms. The first-order chi connectivity index (χ1) is 23.3. The Kier molecular flexibility index (Phi) is 6.34. The molecule has 0 bridgehead atoms. The van der Waals surface area contributed by atoms with Crippen LogP contribution in [0, 0.1) is 34.0 Å². The maximum absolute atomic E-state index is 15.0. The van der Waals surface area contributed by atoms with Crippen molar-refractivity contribution in [3.05, 3.63) is 144 Å². The fourth-order valence-electron chi connectivity index (χ4n) is 6.77. The van der Waals surface area contributed by atoms with Gasteiger partial charge in [-0.05, 0) is 66.2 Å². The molecule has 0 amide bonds. The molecule has 226 valence electrons. The molecule has 8 aromatic rings. The highest BCUT2D eigenvalue weighted by atomic mass is 19.4. The Bertz CT molecular complexity index is 2610. The molecular formula is C40H20F3N5. The van der Waals surface area contributed by atoms with Crippen molar-refractivity contribution in [2.75, 3.05) is 0 Å². The van der Waals surface area contributed by atoms with Crippen molar-refractivity contribution < 1.29 is 13.2 Å². The summed E-state index contributed by atoms with van der Waals surface area (Å²) in [5.41, 5.74) is 4.02. The number of fused-ring (bicyclic) bond motifs is 6. The average Bonchev–Trinajstić information content (AvgIpc) is 3.62. The summed E-state index contributed by atoms with van der Waals surface area (Å²) in [4.78, 5) is 0. The van der Waals surface area contributed by atoms with E-state index in [-0.39, 0.29) is 11.4 Å². The van der Waals surface area contributed by atoms with Gasteiger partial charge in [-0.1, -0.05) is 60.7 Å². The summed E-state index contributed by atoms with van der Waals surface area (Å²) in [5.74, 6) is 0. The molecular weight excluding hydrogens is 607 g/mol. The van der Waals surface area contributed by atoms with E-state index >= 15 is 13.2 Å². The molecule has 0 aliphatic rings. The normalized spacial score (nSPS) is 11.6. The number of hydrogen-bond acceptors (Lipinski definition) is 3. The number of benzene rings is 6. The van der Waals surface area contributed by atoms with Crippen molar-refractivity contribution in [1.82, 2.24) is 9.13 Å². The van der Waals surface area contributed by atoms with Crippen LogP contribution < -0.4 is 0 Å². The second-order valence-corrected chi connectivity index (χ2v) is 11.5. The summed E-state index contributed by atoms with van der Waals surface area (Å²) >= 11 is 0. The highest BCUT2D eigenvalue weighted by Gasteiger charge is 2.34. The second-order valence-electron chi connectivity index (χ2n) is 11.5. The SMILES string of the molecule is N#Cc1cccc(-c2c(-n3c4ccccc4c4ccc(C#N)cc43)cc(C(F)(F)F)cc2-n2c3ccccc3c3ccc(C#N)cc32)c1. The van der Waals surface area contributed by atoms with E-state index in [1.807, 2.05) is 60.7 Å². The Balaban J connectivity index is 1.65. The molecule has 0 aliphatic carbocycles. The highest BCUT2D eigenvalue weighted by Crippen LogP contribution is 2.45. The standard InChI is InChI=1S/C40H20F3N5/c41-40(42,43)28-19-37(47-33-10-3-1-8-29(33)31-14-12-25(22-45)17-35(31)47)39(27-7-5-6-24(16-27)21-44)38(20-28)48-34-11-4-2-9-30(34)32-15-13-26(23-46)18-36(32)48/h1-20H. The molecule has 0 fully saturated rings. The zero-order chi connectivity index (χ0) is 33.2. The molecule has 0 radical (unpaired) electrons. The molecule has 0 unspecified atom stereocenters. The van der Waals surface area contributed by atoms with E-state index in [2.05, 4.69) is 18.2 Å². The Hall–Kier alpha value is -6.82. The smallest absolute Gasteiger partial charge is 0.308 e. The zero-order valence-corrected chi connectivity index (χ0v) is 24.9.